The average Bonchev–Trinajstić information content (AvgIpc) is 3.16. The van der Waals surface area contributed by atoms with Crippen LogP contribution in [0.5, 0.6) is 0 Å². The fourth-order valence-electron chi connectivity index (χ4n) is 5.18. The van der Waals surface area contributed by atoms with E-state index in [1.807, 2.05) is 0 Å². The third kappa shape index (κ3) is 12.4. The van der Waals surface area contributed by atoms with Crippen LogP contribution in [0.4, 0.5) is 0 Å². The molecule has 0 fully saturated rings. The number of unbranched alkanes of at least 4 members (excludes halogenated alkanes) is 11. The van der Waals surface area contributed by atoms with Crippen molar-refractivity contribution in [1.29, 1.82) is 0 Å². The van der Waals surface area contributed by atoms with Crippen LogP contribution < -0.4 is 12.4 Å². The Labute approximate surface area is 211 Å². The van der Waals surface area contributed by atoms with Gasteiger partial charge in [-0.2, -0.15) is 0 Å². The van der Waals surface area contributed by atoms with E-state index in [9.17, 15) is 5.11 Å². The van der Waals surface area contributed by atoms with Crippen molar-refractivity contribution in [3.63, 3.8) is 0 Å². The van der Waals surface area contributed by atoms with E-state index < -0.39 is 0 Å². The monoisotopic (exact) mass is 478 g/mol. The Morgan fingerprint density at radius 1 is 0.818 bits per heavy atom. The second-order valence-electron chi connectivity index (χ2n) is 10.4. The highest BCUT2D eigenvalue weighted by molar-refractivity contribution is 5.76. The zero-order valence-electron chi connectivity index (χ0n) is 21.6. The maximum Gasteiger partial charge on any atom is 0.198 e. The maximum atomic E-state index is 9.72. The first-order chi connectivity index (χ1) is 15.7. The van der Waals surface area contributed by atoms with Gasteiger partial charge in [0.1, 0.15) is 19.6 Å². The molecule has 1 aromatic rings. The second-order valence-corrected chi connectivity index (χ2v) is 10.4. The standard InChI is InChI=1S/C29H51N2O.ClH/c1-27(2)18-14-11-9-7-5-3-4-6-8-10-12-17-21-29-30-22-23-31(29,24-25-32)26-28-19-15-13-16-20-28;/h13,15-16,19-20,27,32H,3-12,14,17-18,21-26H2,1-2H3;1H/q+1;/p-1. The predicted octanol–water partition coefficient (Wildman–Crippen LogP) is 4.53. The molecule has 0 aliphatic carbocycles. The molecule has 0 amide bonds. The average molecular weight is 479 g/mol. The molecule has 0 bridgehead atoms. The zero-order chi connectivity index (χ0) is 22.9. The molecule has 190 valence electrons. The van der Waals surface area contributed by atoms with E-state index in [-0.39, 0.29) is 19.0 Å². The van der Waals surface area contributed by atoms with Gasteiger partial charge in [-0.05, 0) is 12.3 Å². The highest BCUT2D eigenvalue weighted by Crippen LogP contribution is 2.24. The number of amidine groups is 1. The summed E-state index contributed by atoms with van der Waals surface area (Å²) in [5, 5.41) is 9.72. The van der Waals surface area contributed by atoms with Crippen LogP contribution in [0.25, 0.3) is 0 Å². The van der Waals surface area contributed by atoms with E-state index in [4.69, 9.17) is 4.99 Å². The number of quaternary nitrogens is 1. The molecule has 0 spiro atoms. The lowest BCUT2D eigenvalue weighted by Gasteiger charge is -2.34. The molecule has 0 radical (unpaired) electrons. The van der Waals surface area contributed by atoms with Crippen LogP contribution in [0, 0.1) is 5.92 Å². The van der Waals surface area contributed by atoms with Gasteiger partial charge in [0.05, 0.1) is 13.2 Å². The van der Waals surface area contributed by atoms with E-state index in [1.165, 1.54) is 94.9 Å². The lowest BCUT2D eigenvalue weighted by molar-refractivity contribution is -0.850. The molecule has 0 saturated carbocycles. The first-order valence-corrected chi connectivity index (χ1v) is 13.7. The fraction of sp³-hybridized carbons (Fsp3) is 0.759. The van der Waals surface area contributed by atoms with E-state index in [1.54, 1.807) is 0 Å². The van der Waals surface area contributed by atoms with Crippen molar-refractivity contribution in [3.05, 3.63) is 35.9 Å². The Hall–Kier alpha value is -0.900. The Morgan fingerprint density at radius 2 is 1.36 bits per heavy atom. The van der Waals surface area contributed by atoms with Crippen molar-refractivity contribution in [2.75, 3.05) is 26.2 Å². The summed E-state index contributed by atoms with van der Waals surface area (Å²) >= 11 is 0. The van der Waals surface area contributed by atoms with Crippen LogP contribution in [0.3, 0.4) is 0 Å². The van der Waals surface area contributed by atoms with Crippen LogP contribution in [-0.2, 0) is 6.54 Å². The van der Waals surface area contributed by atoms with Crippen LogP contribution in [-0.4, -0.2) is 41.7 Å². The van der Waals surface area contributed by atoms with Crippen molar-refractivity contribution in [2.45, 2.75) is 110 Å². The number of nitrogens with zero attached hydrogens (tertiary/aromatic N) is 2. The van der Waals surface area contributed by atoms with E-state index >= 15 is 0 Å². The molecule has 3 nitrogen and oxygen atoms in total. The van der Waals surface area contributed by atoms with Gasteiger partial charge < -0.3 is 17.5 Å². The summed E-state index contributed by atoms with van der Waals surface area (Å²) in [6.45, 7) is 8.63. The van der Waals surface area contributed by atoms with E-state index in [0.29, 0.717) is 0 Å². The summed E-state index contributed by atoms with van der Waals surface area (Å²) < 4.78 is 0.873. The number of rotatable bonds is 19. The Kier molecular flexibility index (Phi) is 16.8. The summed E-state index contributed by atoms with van der Waals surface area (Å²) in [6, 6.07) is 10.7. The first kappa shape index (κ1) is 30.1. The minimum absolute atomic E-state index is 0. The Morgan fingerprint density at radius 3 is 1.91 bits per heavy atom. The molecule has 1 heterocycles. The topological polar surface area (TPSA) is 32.6 Å². The third-order valence-corrected chi connectivity index (χ3v) is 7.16. The van der Waals surface area contributed by atoms with Crippen molar-refractivity contribution in [3.8, 4) is 0 Å². The van der Waals surface area contributed by atoms with Crippen molar-refractivity contribution >= 4 is 5.84 Å². The van der Waals surface area contributed by atoms with Crippen LogP contribution >= 0.6 is 0 Å². The zero-order valence-corrected chi connectivity index (χ0v) is 22.4. The number of hydrogen-bond acceptors (Lipinski definition) is 2. The summed E-state index contributed by atoms with van der Waals surface area (Å²) in [4.78, 5) is 4.88. The van der Waals surface area contributed by atoms with Gasteiger partial charge in [0.15, 0.2) is 5.84 Å². The van der Waals surface area contributed by atoms with Gasteiger partial charge in [-0.15, -0.1) is 0 Å². The fourth-order valence-corrected chi connectivity index (χ4v) is 5.18. The molecule has 1 aliphatic rings. The van der Waals surface area contributed by atoms with Gasteiger partial charge in [0.25, 0.3) is 0 Å². The minimum Gasteiger partial charge on any atom is -1.00 e. The maximum absolute atomic E-state index is 9.72. The SMILES string of the molecule is CC(C)CCCCCCCCCCCCCCC1=NCC[N+]1(CCO)Cc1ccccc1.[Cl-]. The normalized spacial score (nSPS) is 17.9. The Bertz CT molecular complexity index is 619. The molecule has 1 atom stereocenters. The molecule has 2 rings (SSSR count). The van der Waals surface area contributed by atoms with E-state index in [2.05, 4.69) is 44.2 Å². The number of hydrogen-bond donors (Lipinski definition) is 1. The molecule has 1 N–H and O–H groups in total. The molecule has 4 heteroatoms. The number of aliphatic hydroxyl groups is 1. The molecule has 0 aromatic heterocycles. The number of aliphatic hydroxyl groups excluding tert-OH is 1. The van der Waals surface area contributed by atoms with Gasteiger partial charge >= 0.3 is 0 Å². The second kappa shape index (κ2) is 18.4. The van der Waals surface area contributed by atoms with Gasteiger partial charge in [-0.3, -0.25) is 4.48 Å². The largest absolute Gasteiger partial charge is 1.00 e. The van der Waals surface area contributed by atoms with Crippen molar-refractivity contribution in [2.24, 2.45) is 10.9 Å². The molecular weight excluding hydrogens is 428 g/mol. The third-order valence-electron chi connectivity index (χ3n) is 7.16. The van der Waals surface area contributed by atoms with Crippen LogP contribution in [0.1, 0.15) is 109 Å². The molecule has 1 aliphatic heterocycles. The quantitative estimate of drug-likeness (QED) is 0.230. The molecule has 33 heavy (non-hydrogen) atoms. The molecule has 1 aromatic carbocycles. The molecule has 1 unspecified atom stereocenters. The smallest absolute Gasteiger partial charge is 0.198 e. The lowest BCUT2D eigenvalue weighted by atomic mass is 10.0. The van der Waals surface area contributed by atoms with Gasteiger partial charge in [0, 0.05) is 12.0 Å². The Balaban J connectivity index is 0.00000544. The predicted molar refractivity (Wildman–Crippen MR) is 139 cm³/mol. The summed E-state index contributed by atoms with van der Waals surface area (Å²) in [7, 11) is 0. The highest BCUT2D eigenvalue weighted by Gasteiger charge is 2.37. The van der Waals surface area contributed by atoms with Crippen molar-refractivity contribution in [1.82, 2.24) is 0 Å². The first-order valence-electron chi connectivity index (χ1n) is 13.7. The van der Waals surface area contributed by atoms with Crippen LogP contribution in [0.15, 0.2) is 35.3 Å². The van der Waals surface area contributed by atoms with E-state index in [0.717, 1.165) is 43.0 Å². The lowest BCUT2D eigenvalue weighted by Crippen LogP contribution is -3.00. The van der Waals surface area contributed by atoms with Gasteiger partial charge in [-0.1, -0.05) is 121 Å². The minimum atomic E-state index is 0. The van der Waals surface area contributed by atoms with Crippen molar-refractivity contribution < 1.29 is 22.0 Å². The molecular formula is C29H51ClN2O. The summed E-state index contributed by atoms with van der Waals surface area (Å²) in [5.41, 5.74) is 1.35. The van der Waals surface area contributed by atoms with Gasteiger partial charge in [-0.25, -0.2) is 4.99 Å². The number of aliphatic imine (C=N–C) groups is 1. The van der Waals surface area contributed by atoms with Crippen LogP contribution in [0.2, 0.25) is 0 Å². The summed E-state index contributed by atoms with van der Waals surface area (Å²) in [5.74, 6) is 2.20. The highest BCUT2D eigenvalue weighted by atomic mass is 35.5. The van der Waals surface area contributed by atoms with Gasteiger partial charge in [0.2, 0.25) is 0 Å². The number of benzene rings is 1. The number of halogens is 1. The molecule has 0 saturated heterocycles. The summed E-state index contributed by atoms with van der Waals surface area (Å²) in [6.07, 6.45) is 19.3.